The lowest BCUT2D eigenvalue weighted by Crippen LogP contribution is -2.47. The van der Waals surface area contributed by atoms with Gasteiger partial charge < -0.3 is 29.4 Å². The lowest BCUT2D eigenvalue weighted by Gasteiger charge is -2.32. The Balaban J connectivity index is 3.77. The lowest BCUT2D eigenvalue weighted by atomic mass is 10.1. The molecule has 0 aromatic carbocycles. The molecule has 6 nitrogen and oxygen atoms in total. The maximum atomic E-state index is 9.51. The minimum Gasteiger partial charge on any atom is -0.393 e. The molecular weight excluding hydrogens is 284 g/mol. The Bertz CT molecular complexity index is 257. The van der Waals surface area contributed by atoms with Gasteiger partial charge in [-0.05, 0) is 25.7 Å². The van der Waals surface area contributed by atoms with Crippen LogP contribution in [0.3, 0.4) is 0 Å². The molecule has 0 rings (SSSR count). The van der Waals surface area contributed by atoms with Crippen LogP contribution in [0.25, 0.3) is 0 Å². The van der Waals surface area contributed by atoms with Crippen LogP contribution in [0.5, 0.6) is 0 Å². The van der Waals surface area contributed by atoms with Crippen LogP contribution in [0.4, 0.5) is 0 Å². The summed E-state index contributed by atoms with van der Waals surface area (Å²) in [4.78, 5) is 0. The largest absolute Gasteiger partial charge is 0.393 e. The average molecular weight is 322 g/mol. The van der Waals surface area contributed by atoms with Gasteiger partial charge in [-0.3, -0.25) is 0 Å². The molecule has 0 aliphatic heterocycles. The van der Waals surface area contributed by atoms with Crippen LogP contribution in [0.1, 0.15) is 25.7 Å². The van der Waals surface area contributed by atoms with Gasteiger partial charge in [-0.1, -0.05) is 0 Å². The molecule has 0 spiro atoms. The fourth-order valence-electron chi connectivity index (χ4n) is 2.87. The maximum Gasteiger partial charge on any atom is 0.126 e. The van der Waals surface area contributed by atoms with Crippen LogP contribution in [0.2, 0.25) is 0 Å². The van der Waals surface area contributed by atoms with E-state index in [2.05, 4.69) is 28.2 Å². The van der Waals surface area contributed by atoms with Crippen molar-refractivity contribution >= 4 is 0 Å². The number of nitrogens with zero attached hydrogens (tertiary/aromatic N) is 2. The second kappa shape index (κ2) is 10.5. The van der Waals surface area contributed by atoms with Crippen molar-refractivity contribution < 1.29 is 29.4 Å². The fraction of sp³-hybridized carbons (Fsp3) is 1.00. The van der Waals surface area contributed by atoms with Crippen LogP contribution < -0.4 is 0 Å². The molecule has 0 heterocycles. The van der Waals surface area contributed by atoms with Gasteiger partial charge in [0.2, 0.25) is 0 Å². The summed E-state index contributed by atoms with van der Waals surface area (Å²) in [7, 11) is 8.31. The molecule has 0 aromatic rings. The summed E-state index contributed by atoms with van der Waals surface area (Å²) in [6, 6.07) is 0. The standard InChI is InChI=1S/C16H38N2O4/c1-17(2,11-15(21)13-19)9-7-5-6-8-10-18(3,4)12-16(22)14-20/h15-16,19-22H,5-14H2,1-4H3/q+2. The van der Waals surface area contributed by atoms with E-state index in [1.807, 2.05) is 0 Å². The molecule has 0 aromatic heterocycles. The van der Waals surface area contributed by atoms with Crippen molar-refractivity contribution in [1.82, 2.24) is 0 Å². The molecule has 0 aliphatic carbocycles. The van der Waals surface area contributed by atoms with Gasteiger partial charge in [-0.15, -0.1) is 0 Å². The number of aliphatic hydroxyl groups excluding tert-OH is 4. The predicted octanol–water partition coefficient (Wildman–Crippen LogP) is -0.594. The zero-order chi connectivity index (χ0) is 17.2. The smallest absolute Gasteiger partial charge is 0.126 e. The molecule has 0 saturated heterocycles. The van der Waals surface area contributed by atoms with Crippen molar-refractivity contribution in [3.63, 3.8) is 0 Å². The summed E-state index contributed by atoms with van der Waals surface area (Å²) >= 11 is 0. The van der Waals surface area contributed by atoms with Crippen molar-refractivity contribution in [2.45, 2.75) is 37.9 Å². The highest BCUT2D eigenvalue weighted by Gasteiger charge is 2.21. The molecule has 2 unspecified atom stereocenters. The Kier molecular flexibility index (Phi) is 10.4. The minimum absolute atomic E-state index is 0.172. The third kappa shape index (κ3) is 11.3. The molecule has 0 aliphatic rings. The third-order valence-electron chi connectivity index (χ3n) is 4.11. The number of aliphatic hydroxyl groups is 4. The minimum atomic E-state index is -0.633. The van der Waals surface area contributed by atoms with E-state index in [1.165, 1.54) is 0 Å². The van der Waals surface area contributed by atoms with Crippen molar-refractivity contribution in [2.75, 3.05) is 67.6 Å². The van der Waals surface area contributed by atoms with Crippen LogP contribution >= 0.6 is 0 Å². The number of hydrogen-bond donors (Lipinski definition) is 4. The van der Waals surface area contributed by atoms with Gasteiger partial charge in [-0.25, -0.2) is 0 Å². The van der Waals surface area contributed by atoms with Crippen LogP contribution in [0, 0.1) is 0 Å². The highest BCUT2D eigenvalue weighted by atomic mass is 16.3. The van der Waals surface area contributed by atoms with E-state index in [-0.39, 0.29) is 13.2 Å². The van der Waals surface area contributed by atoms with E-state index >= 15 is 0 Å². The Morgan fingerprint density at radius 1 is 0.636 bits per heavy atom. The van der Waals surface area contributed by atoms with Crippen LogP contribution in [-0.4, -0.2) is 109 Å². The fourth-order valence-corrected chi connectivity index (χ4v) is 2.87. The first-order chi connectivity index (χ1) is 10.1. The maximum absolute atomic E-state index is 9.51. The zero-order valence-corrected chi connectivity index (χ0v) is 14.9. The summed E-state index contributed by atoms with van der Waals surface area (Å²) in [5, 5.41) is 36.8. The molecule has 0 radical (unpaired) electrons. The number of rotatable bonds is 13. The first-order valence-electron chi connectivity index (χ1n) is 8.34. The monoisotopic (exact) mass is 322 g/mol. The van der Waals surface area contributed by atoms with Gasteiger partial charge >= 0.3 is 0 Å². The number of likely N-dealkylation sites (N-methyl/N-ethyl adjacent to an activating group) is 2. The Morgan fingerprint density at radius 3 is 1.23 bits per heavy atom. The van der Waals surface area contributed by atoms with Crippen molar-refractivity contribution in [1.29, 1.82) is 0 Å². The number of hydrogen-bond acceptors (Lipinski definition) is 4. The highest BCUT2D eigenvalue weighted by Crippen LogP contribution is 2.09. The molecule has 134 valence electrons. The topological polar surface area (TPSA) is 80.9 Å². The molecular formula is C16H38N2O4+2. The summed E-state index contributed by atoms with van der Waals surface area (Å²) in [6.07, 6.45) is 3.26. The molecule has 0 amide bonds. The van der Waals surface area contributed by atoms with E-state index in [9.17, 15) is 10.2 Å². The SMILES string of the molecule is C[N+](C)(CCCCCC[N+](C)(C)CC(O)CO)CC(O)CO. The summed E-state index contributed by atoms with van der Waals surface area (Å²) in [5.74, 6) is 0. The molecule has 6 heteroatoms. The normalized spacial score (nSPS) is 15.8. The van der Waals surface area contributed by atoms with E-state index in [0.717, 1.165) is 47.7 Å². The molecule has 2 atom stereocenters. The number of quaternary nitrogens is 2. The quantitative estimate of drug-likeness (QED) is 0.270. The van der Waals surface area contributed by atoms with E-state index < -0.39 is 12.2 Å². The second-order valence-electron chi connectivity index (χ2n) is 7.77. The average Bonchev–Trinajstić information content (AvgIpc) is 2.41. The summed E-state index contributed by atoms with van der Waals surface area (Å²) in [5.41, 5.74) is 0. The molecule has 0 saturated carbocycles. The molecule has 0 fully saturated rings. The van der Waals surface area contributed by atoms with E-state index in [4.69, 9.17) is 10.2 Å². The van der Waals surface area contributed by atoms with Crippen LogP contribution in [-0.2, 0) is 0 Å². The Labute approximate surface area is 135 Å². The van der Waals surface area contributed by atoms with Gasteiger partial charge in [0.25, 0.3) is 0 Å². The van der Waals surface area contributed by atoms with Gasteiger partial charge in [-0.2, -0.15) is 0 Å². The lowest BCUT2D eigenvalue weighted by molar-refractivity contribution is -0.894. The molecule has 4 N–H and O–H groups in total. The van der Waals surface area contributed by atoms with Crippen molar-refractivity contribution in [2.24, 2.45) is 0 Å². The first-order valence-corrected chi connectivity index (χ1v) is 8.34. The third-order valence-corrected chi connectivity index (χ3v) is 4.11. The second-order valence-corrected chi connectivity index (χ2v) is 7.77. The van der Waals surface area contributed by atoms with Gasteiger partial charge in [0.05, 0.1) is 54.5 Å². The van der Waals surface area contributed by atoms with Gasteiger partial charge in [0.15, 0.2) is 0 Å². The number of unbranched alkanes of at least 4 members (excludes halogenated alkanes) is 3. The van der Waals surface area contributed by atoms with Crippen molar-refractivity contribution in [3.05, 3.63) is 0 Å². The Hall–Kier alpha value is -0.240. The summed E-state index contributed by atoms with van der Waals surface area (Å²) < 4.78 is 1.46. The predicted molar refractivity (Wildman–Crippen MR) is 88.3 cm³/mol. The Morgan fingerprint density at radius 2 is 0.955 bits per heavy atom. The first kappa shape index (κ1) is 21.8. The molecule has 22 heavy (non-hydrogen) atoms. The molecule has 0 bridgehead atoms. The van der Waals surface area contributed by atoms with E-state index in [0.29, 0.717) is 13.1 Å². The van der Waals surface area contributed by atoms with Gasteiger partial charge in [0.1, 0.15) is 25.3 Å². The van der Waals surface area contributed by atoms with Gasteiger partial charge in [0, 0.05) is 0 Å². The van der Waals surface area contributed by atoms with E-state index in [1.54, 1.807) is 0 Å². The van der Waals surface area contributed by atoms with Crippen LogP contribution in [0.15, 0.2) is 0 Å². The zero-order valence-electron chi connectivity index (χ0n) is 14.9. The highest BCUT2D eigenvalue weighted by molar-refractivity contribution is 4.52. The van der Waals surface area contributed by atoms with Crippen molar-refractivity contribution in [3.8, 4) is 0 Å². The summed E-state index contributed by atoms with van der Waals surface area (Å²) in [6.45, 7) is 2.82.